The molecule has 0 aromatic heterocycles. The number of aryl methyl sites for hydroxylation is 1. The lowest BCUT2D eigenvalue weighted by Gasteiger charge is -2.16. The highest BCUT2D eigenvalue weighted by atomic mass is 32.2. The van der Waals surface area contributed by atoms with Gasteiger partial charge in [0, 0.05) is 19.2 Å². The molecule has 5 nitrogen and oxygen atoms in total. The highest BCUT2D eigenvalue weighted by molar-refractivity contribution is 7.87. The SMILES string of the molecule is CC(=O)N1CCc2ccc(S(=O)(=O)Oc3cc(C(C)C)ccc3C)cc21. The van der Waals surface area contributed by atoms with Crippen LogP contribution in [-0.2, 0) is 21.3 Å². The topological polar surface area (TPSA) is 63.7 Å². The normalized spacial score (nSPS) is 13.8. The van der Waals surface area contributed by atoms with E-state index in [1.807, 2.05) is 32.9 Å². The largest absolute Gasteiger partial charge is 0.379 e. The Morgan fingerprint density at radius 3 is 2.54 bits per heavy atom. The van der Waals surface area contributed by atoms with Gasteiger partial charge in [-0.25, -0.2) is 0 Å². The number of amides is 1. The second kappa shape index (κ2) is 6.76. The summed E-state index contributed by atoms with van der Waals surface area (Å²) in [5.41, 5.74) is 3.38. The van der Waals surface area contributed by atoms with E-state index in [1.165, 1.54) is 13.0 Å². The highest BCUT2D eigenvalue weighted by Gasteiger charge is 2.26. The Labute approximate surface area is 154 Å². The molecule has 0 N–H and O–H groups in total. The van der Waals surface area contributed by atoms with Gasteiger partial charge in [-0.05, 0) is 54.2 Å². The molecular weight excluding hydrogens is 350 g/mol. The minimum atomic E-state index is -3.99. The van der Waals surface area contributed by atoms with Crippen LogP contribution in [0.15, 0.2) is 41.3 Å². The zero-order chi connectivity index (χ0) is 19.1. The van der Waals surface area contributed by atoms with Gasteiger partial charge in [-0.1, -0.05) is 32.0 Å². The van der Waals surface area contributed by atoms with Gasteiger partial charge in [-0.3, -0.25) is 4.79 Å². The quantitative estimate of drug-likeness (QED) is 0.765. The van der Waals surface area contributed by atoms with Crippen molar-refractivity contribution in [3.63, 3.8) is 0 Å². The zero-order valence-corrected chi connectivity index (χ0v) is 16.3. The molecule has 0 fully saturated rings. The van der Waals surface area contributed by atoms with Gasteiger partial charge in [0.1, 0.15) is 10.6 Å². The maximum absolute atomic E-state index is 12.8. The van der Waals surface area contributed by atoms with Gasteiger partial charge in [-0.2, -0.15) is 8.42 Å². The summed E-state index contributed by atoms with van der Waals surface area (Å²) < 4.78 is 31.0. The smallest absolute Gasteiger partial charge is 0.339 e. The van der Waals surface area contributed by atoms with Gasteiger partial charge in [-0.15, -0.1) is 0 Å². The molecule has 3 rings (SSSR count). The Hall–Kier alpha value is -2.34. The van der Waals surface area contributed by atoms with Crippen LogP contribution in [0.3, 0.4) is 0 Å². The zero-order valence-electron chi connectivity index (χ0n) is 15.4. The first-order valence-electron chi connectivity index (χ1n) is 8.65. The fraction of sp³-hybridized carbons (Fsp3) is 0.350. The third kappa shape index (κ3) is 3.46. The van der Waals surface area contributed by atoms with Crippen molar-refractivity contribution < 1.29 is 17.4 Å². The summed E-state index contributed by atoms with van der Waals surface area (Å²) in [5, 5.41) is 0. The molecule has 1 aliphatic heterocycles. The van der Waals surface area contributed by atoms with E-state index < -0.39 is 10.1 Å². The molecule has 1 amide bonds. The molecule has 1 aliphatic rings. The average Bonchev–Trinajstić information content (AvgIpc) is 2.99. The lowest BCUT2D eigenvalue weighted by Crippen LogP contribution is -2.26. The van der Waals surface area contributed by atoms with E-state index in [-0.39, 0.29) is 16.7 Å². The van der Waals surface area contributed by atoms with E-state index >= 15 is 0 Å². The molecule has 0 radical (unpaired) electrons. The van der Waals surface area contributed by atoms with E-state index in [2.05, 4.69) is 0 Å². The summed E-state index contributed by atoms with van der Waals surface area (Å²) in [5.74, 6) is 0.504. The van der Waals surface area contributed by atoms with Crippen molar-refractivity contribution in [2.45, 2.75) is 44.9 Å². The molecule has 0 atom stereocenters. The molecule has 6 heteroatoms. The standard InChI is InChI=1S/C20H23NO4S/c1-13(2)17-6-5-14(3)20(11-17)25-26(23,24)18-8-7-16-9-10-21(15(4)22)19(16)12-18/h5-8,11-13H,9-10H2,1-4H3. The number of benzene rings is 2. The predicted octanol–water partition coefficient (Wildman–Crippen LogP) is 3.80. The van der Waals surface area contributed by atoms with Gasteiger partial charge < -0.3 is 9.08 Å². The number of carbonyl (C=O) groups excluding carboxylic acids is 1. The lowest BCUT2D eigenvalue weighted by molar-refractivity contribution is -0.116. The minimum Gasteiger partial charge on any atom is -0.379 e. The van der Waals surface area contributed by atoms with Crippen molar-refractivity contribution in [1.82, 2.24) is 0 Å². The number of carbonyl (C=O) groups is 1. The Balaban J connectivity index is 1.96. The van der Waals surface area contributed by atoms with Crippen LogP contribution in [0.5, 0.6) is 5.75 Å². The van der Waals surface area contributed by atoms with Crippen molar-refractivity contribution in [2.24, 2.45) is 0 Å². The van der Waals surface area contributed by atoms with Crippen molar-refractivity contribution in [3.05, 3.63) is 53.1 Å². The number of hydrogen-bond acceptors (Lipinski definition) is 4. The van der Waals surface area contributed by atoms with E-state index in [9.17, 15) is 13.2 Å². The molecule has 26 heavy (non-hydrogen) atoms. The summed E-state index contributed by atoms with van der Waals surface area (Å²) >= 11 is 0. The molecule has 0 spiro atoms. The molecule has 0 aliphatic carbocycles. The predicted molar refractivity (Wildman–Crippen MR) is 101 cm³/mol. The first-order chi connectivity index (χ1) is 12.2. The van der Waals surface area contributed by atoms with Crippen molar-refractivity contribution in [1.29, 1.82) is 0 Å². The Morgan fingerprint density at radius 1 is 1.15 bits per heavy atom. The number of rotatable bonds is 4. The van der Waals surface area contributed by atoms with Crippen molar-refractivity contribution in [2.75, 3.05) is 11.4 Å². The van der Waals surface area contributed by atoms with E-state index in [4.69, 9.17) is 4.18 Å². The first kappa shape index (κ1) is 18.5. The first-order valence-corrected chi connectivity index (χ1v) is 10.1. The van der Waals surface area contributed by atoms with Gasteiger partial charge in [0.05, 0.1) is 0 Å². The molecule has 2 aromatic carbocycles. The summed E-state index contributed by atoms with van der Waals surface area (Å²) in [4.78, 5) is 13.4. The molecule has 0 bridgehead atoms. The summed E-state index contributed by atoms with van der Waals surface area (Å²) in [7, 11) is -3.99. The minimum absolute atomic E-state index is 0.0544. The fourth-order valence-corrected chi connectivity index (χ4v) is 4.08. The molecule has 2 aromatic rings. The van der Waals surface area contributed by atoms with Crippen LogP contribution in [0.25, 0.3) is 0 Å². The van der Waals surface area contributed by atoms with Gasteiger partial charge in [0.25, 0.3) is 0 Å². The monoisotopic (exact) mass is 373 g/mol. The second-order valence-electron chi connectivity index (χ2n) is 6.93. The maximum Gasteiger partial charge on any atom is 0.339 e. The van der Waals surface area contributed by atoms with Crippen LogP contribution in [0.4, 0.5) is 5.69 Å². The molecule has 0 unspecified atom stereocenters. The van der Waals surface area contributed by atoms with Gasteiger partial charge >= 0.3 is 10.1 Å². The maximum atomic E-state index is 12.8. The number of nitrogens with zero attached hydrogens (tertiary/aromatic N) is 1. The average molecular weight is 373 g/mol. The van der Waals surface area contributed by atoms with Crippen LogP contribution >= 0.6 is 0 Å². The van der Waals surface area contributed by atoms with Crippen LogP contribution in [0, 0.1) is 6.92 Å². The van der Waals surface area contributed by atoms with E-state index in [1.54, 1.807) is 23.1 Å². The van der Waals surface area contributed by atoms with Crippen molar-refractivity contribution in [3.8, 4) is 5.75 Å². The number of hydrogen-bond donors (Lipinski definition) is 0. The Morgan fingerprint density at radius 2 is 1.88 bits per heavy atom. The number of fused-ring (bicyclic) bond motifs is 1. The van der Waals surface area contributed by atoms with Gasteiger partial charge in [0.15, 0.2) is 0 Å². The van der Waals surface area contributed by atoms with Crippen LogP contribution < -0.4 is 9.08 Å². The molecule has 0 saturated carbocycles. The van der Waals surface area contributed by atoms with Crippen LogP contribution in [-0.4, -0.2) is 20.9 Å². The summed E-state index contributed by atoms with van der Waals surface area (Å²) in [6, 6.07) is 10.4. The molecule has 138 valence electrons. The summed E-state index contributed by atoms with van der Waals surface area (Å²) in [6.45, 7) is 7.95. The van der Waals surface area contributed by atoms with Crippen LogP contribution in [0.1, 0.15) is 43.4 Å². The fourth-order valence-electron chi connectivity index (χ4n) is 3.07. The van der Waals surface area contributed by atoms with Gasteiger partial charge in [0.2, 0.25) is 5.91 Å². The number of anilines is 1. The second-order valence-corrected chi connectivity index (χ2v) is 8.47. The summed E-state index contributed by atoms with van der Waals surface area (Å²) in [6.07, 6.45) is 0.728. The Bertz CT molecular complexity index is 964. The molecular formula is C20H23NO4S. The molecule has 0 saturated heterocycles. The van der Waals surface area contributed by atoms with Crippen LogP contribution in [0.2, 0.25) is 0 Å². The highest BCUT2D eigenvalue weighted by Crippen LogP contribution is 2.32. The Kier molecular flexibility index (Phi) is 4.80. The lowest BCUT2D eigenvalue weighted by atomic mass is 10.0. The van der Waals surface area contributed by atoms with Crippen molar-refractivity contribution >= 4 is 21.7 Å². The third-order valence-electron chi connectivity index (χ3n) is 4.70. The third-order valence-corrected chi connectivity index (χ3v) is 5.93. The molecule has 1 heterocycles. The van der Waals surface area contributed by atoms with E-state index in [0.29, 0.717) is 18.0 Å². The van der Waals surface area contributed by atoms with E-state index in [0.717, 1.165) is 23.1 Å².